The molecule has 2 fully saturated rings. The lowest BCUT2D eigenvalue weighted by Crippen LogP contribution is -2.57. The number of carbonyl (C=O) groups is 4. The molecule has 3 aliphatic rings. The Morgan fingerprint density at radius 1 is 1.05 bits per heavy atom. The van der Waals surface area contributed by atoms with E-state index in [0.29, 0.717) is 25.7 Å². The van der Waals surface area contributed by atoms with Crippen molar-refractivity contribution in [3.63, 3.8) is 0 Å². The summed E-state index contributed by atoms with van der Waals surface area (Å²) in [5.41, 5.74) is 0.398. The van der Waals surface area contributed by atoms with Crippen LogP contribution in [-0.2, 0) is 35.2 Å². The van der Waals surface area contributed by atoms with Gasteiger partial charge in [0.2, 0.25) is 11.8 Å². The molecule has 4 rings (SSSR count). The molecule has 0 bridgehead atoms. The number of ether oxygens (including phenoxy) is 3. The summed E-state index contributed by atoms with van der Waals surface area (Å²) in [5, 5.41) is 5.67. The van der Waals surface area contributed by atoms with Crippen molar-refractivity contribution in [3.05, 3.63) is 48.0 Å². The molecule has 2 saturated heterocycles. The summed E-state index contributed by atoms with van der Waals surface area (Å²) in [6, 6.07) is 6.81. The molecular weight excluding hydrogens is 538 g/mol. The summed E-state index contributed by atoms with van der Waals surface area (Å²) in [6.07, 6.45) is 9.64. The highest BCUT2D eigenvalue weighted by Crippen LogP contribution is 2.43. The van der Waals surface area contributed by atoms with Gasteiger partial charge < -0.3 is 29.7 Å². The lowest BCUT2D eigenvalue weighted by Gasteiger charge is -2.32. The van der Waals surface area contributed by atoms with Gasteiger partial charge in [0.15, 0.2) is 0 Å². The Hall–Kier alpha value is -3.40. The molecule has 3 heterocycles. The van der Waals surface area contributed by atoms with Crippen LogP contribution in [0.15, 0.2) is 42.5 Å². The van der Waals surface area contributed by atoms with Gasteiger partial charge in [-0.05, 0) is 64.4 Å². The number of alkyl carbamates (subject to hydrolysis) is 1. The minimum absolute atomic E-state index is 0.0785. The fourth-order valence-corrected chi connectivity index (χ4v) is 6.30. The Labute approximate surface area is 248 Å². The molecule has 3 aliphatic heterocycles. The van der Waals surface area contributed by atoms with E-state index in [1.165, 1.54) is 12.0 Å². The predicted octanol–water partition coefficient (Wildman–Crippen LogP) is 4.02. The van der Waals surface area contributed by atoms with E-state index in [9.17, 15) is 19.2 Å². The average molecular weight is 584 g/mol. The maximum Gasteiger partial charge on any atom is 0.408 e. The van der Waals surface area contributed by atoms with E-state index in [2.05, 4.69) is 22.8 Å². The molecule has 0 aliphatic carbocycles. The Bertz CT molecular complexity index is 1120. The maximum absolute atomic E-state index is 14.1. The first-order valence-corrected chi connectivity index (χ1v) is 15.2. The number of nitrogens with one attached hydrogen (secondary N) is 2. The summed E-state index contributed by atoms with van der Waals surface area (Å²) in [7, 11) is 1.31. The molecule has 42 heavy (non-hydrogen) atoms. The van der Waals surface area contributed by atoms with Crippen molar-refractivity contribution in [3.8, 4) is 0 Å². The monoisotopic (exact) mass is 583 g/mol. The van der Waals surface area contributed by atoms with Gasteiger partial charge in [0.05, 0.1) is 18.8 Å². The van der Waals surface area contributed by atoms with Gasteiger partial charge >= 0.3 is 12.1 Å². The molecular formula is C32H45N3O7. The summed E-state index contributed by atoms with van der Waals surface area (Å²) in [5.74, 6) is -1.49. The van der Waals surface area contributed by atoms with Crippen LogP contribution >= 0.6 is 0 Å². The van der Waals surface area contributed by atoms with Gasteiger partial charge in [0.1, 0.15) is 24.7 Å². The largest absolute Gasteiger partial charge is 0.467 e. The van der Waals surface area contributed by atoms with E-state index in [1.807, 2.05) is 44.2 Å². The topological polar surface area (TPSA) is 123 Å². The SMILES string of the molecule is COC(=O)[C@@H]1CCCCC=CCCCC[C@H](NC(=O)OCc2ccccc2)C(=O)N2C[C@@H]3OC(C)(C)C[C@@H]3[C@H]2C(=O)N1. The molecule has 3 amide bonds. The van der Waals surface area contributed by atoms with Crippen LogP contribution in [-0.4, -0.2) is 72.3 Å². The van der Waals surface area contributed by atoms with Gasteiger partial charge in [0.25, 0.3) is 0 Å². The number of rotatable bonds is 4. The predicted molar refractivity (Wildman–Crippen MR) is 156 cm³/mol. The second kappa shape index (κ2) is 14.7. The molecule has 10 heteroatoms. The minimum atomic E-state index is -0.869. The number of carbonyl (C=O) groups excluding carboxylic acids is 4. The lowest BCUT2D eigenvalue weighted by atomic mass is 9.89. The standard InChI is InChI=1S/C32H45N3O7/c1-32(2)19-23-26(42-32)20-35-27(23)28(36)33-25(30(38)40-3)18-14-9-7-5-4-6-8-13-17-24(29(35)37)34-31(39)41-21-22-15-11-10-12-16-22/h4-5,10-12,15-16,23-27H,6-9,13-14,17-21H2,1-3H3,(H,33,36)(H,34,39)/t23-,24-,25-,26-,27-/m0/s1. The number of nitrogens with zero attached hydrogens (tertiary/aromatic N) is 1. The zero-order valence-electron chi connectivity index (χ0n) is 25.0. The number of methoxy groups -OCH3 is 1. The molecule has 230 valence electrons. The molecule has 0 saturated carbocycles. The quantitative estimate of drug-likeness (QED) is 0.405. The Kier molecular flexibility index (Phi) is 11.0. The highest BCUT2D eigenvalue weighted by Gasteiger charge is 2.56. The van der Waals surface area contributed by atoms with Gasteiger partial charge in [-0.25, -0.2) is 9.59 Å². The molecule has 1 aromatic rings. The molecule has 0 aromatic heterocycles. The fourth-order valence-electron chi connectivity index (χ4n) is 6.30. The van der Waals surface area contributed by atoms with E-state index < -0.39 is 41.7 Å². The third-order valence-electron chi connectivity index (χ3n) is 8.34. The second-order valence-corrected chi connectivity index (χ2v) is 12.1. The van der Waals surface area contributed by atoms with Crippen LogP contribution in [0.3, 0.4) is 0 Å². The first-order valence-electron chi connectivity index (χ1n) is 15.2. The third kappa shape index (κ3) is 8.33. The Balaban J connectivity index is 1.56. The molecule has 0 spiro atoms. The number of hydrogen-bond acceptors (Lipinski definition) is 7. The minimum Gasteiger partial charge on any atom is -0.467 e. The molecule has 10 nitrogen and oxygen atoms in total. The van der Waals surface area contributed by atoms with Crippen LogP contribution in [0.4, 0.5) is 4.79 Å². The first-order chi connectivity index (χ1) is 20.2. The van der Waals surface area contributed by atoms with Crippen LogP contribution in [0.1, 0.15) is 77.2 Å². The van der Waals surface area contributed by atoms with Gasteiger partial charge in [-0.15, -0.1) is 0 Å². The summed E-state index contributed by atoms with van der Waals surface area (Å²) in [4.78, 5) is 55.0. The third-order valence-corrected chi connectivity index (χ3v) is 8.34. The maximum atomic E-state index is 14.1. The van der Waals surface area contributed by atoms with Crippen LogP contribution < -0.4 is 10.6 Å². The number of hydrogen-bond donors (Lipinski definition) is 2. The van der Waals surface area contributed by atoms with Crippen LogP contribution in [0.2, 0.25) is 0 Å². The molecule has 5 atom stereocenters. The van der Waals surface area contributed by atoms with Gasteiger partial charge in [0, 0.05) is 12.5 Å². The lowest BCUT2D eigenvalue weighted by molar-refractivity contribution is -0.147. The summed E-state index contributed by atoms with van der Waals surface area (Å²) in [6.45, 7) is 4.27. The zero-order chi connectivity index (χ0) is 30.1. The van der Waals surface area contributed by atoms with E-state index >= 15 is 0 Å². The van der Waals surface area contributed by atoms with E-state index in [1.54, 1.807) is 0 Å². The van der Waals surface area contributed by atoms with Gasteiger partial charge in [-0.1, -0.05) is 55.3 Å². The van der Waals surface area contributed by atoms with Crippen molar-refractivity contribution in [1.29, 1.82) is 0 Å². The fraction of sp³-hybridized carbons (Fsp3) is 0.625. The van der Waals surface area contributed by atoms with Crippen LogP contribution in [0.25, 0.3) is 0 Å². The van der Waals surface area contributed by atoms with Crippen LogP contribution in [0, 0.1) is 5.92 Å². The van der Waals surface area contributed by atoms with Gasteiger partial charge in [-0.3, -0.25) is 9.59 Å². The highest BCUT2D eigenvalue weighted by atomic mass is 16.5. The number of benzene rings is 1. The number of esters is 1. The summed E-state index contributed by atoms with van der Waals surface area (Å²) < 4.78 is 16.7. The number of allylic oxidation sites excluding steroid dienone is 2. The summed E-state index contributed by atoms with van der Waals surface area (Å²) >= 11 is 0. The van der Waals surface area contributed by atoms with Crippen molar-refractivity contribution in [1.82, 2.24) is 15.5 Å². The smallest absolute Gasteiger partial charge is 0.408 e. The van der Waals surface area contributed by atoms with Crippen molar-refractivity contribution < 1.29 is 33.4 Å². The first kappa shape index (κ1) is 31.5. The Morgan fingerprint density at radius 2 is 1.74 bits per heavy atom. The molecule has 0 unspecified atom stereocenters. The van der Waals surface area contributed by atoms with E-state index in [-0.39, 0.29) is 31.1 Å². The number of fused-ring (bicyclic) bond motifs is 3. The Morgan fingerprint density at radius 3 is 2.43 bits per heavy atom. The van der Waals surface area contributed by atoms with Crippen molar-refractivity contribution in [2.45, 2.75) is 108 Å². The molecule has 2 N–H and O–H groups in total. The van der Waals surface area contributed by atoms with Crippen molar-refractivity contribution in [2.24, 2.45) is 5.92 Å². The zero-order valence-corrected chi connectivity index (χ0v) is 25.0. The van der Waals surface area contributed by atoms with E-state index in [4.69, 9.17) is 14.2 Å². The van der Waals surface area contributed by atoms with Gasteiger partial charge in [-0.2, -0.15) is 0 Å². The van der Waals surface area contributed by atoms with Crippen molar-refractivity contribution >= 4 is 23.9 Å². The second-order valence-electron chi connectivity index (χ2n) is 12.1. The highest BCUT2D eigenvalue weighted by molar-refractivity contribution is 5.94. The van der Waals surface area contributed by atoms with Crippen molar-refractivity contribution in [2.75, 3.05) is 13.7 Å². The average Bonchev–Trinajstić information content (AvgIpc) is 3.46. The number of amides is 3. The van der Waals surface area contributed by atoms with Crippen LogP contribution in [0.5, 0.6) is 0 Å². The molecule has 1 aromatic carbocycles. The molecule has 0 radical (unpaired) electrons. The normalized spacial score (nSPS) is 28.6. The van der Waals surface area contributed by atoms with E-state index in [0.717, 1.165) is 37.7 Å².